The fourth-order valence-electron chi connectivity index (χ4n) is 2.16. The summed E-state index contributed by atoms with van der Waals surface area (Å²) in [6, 6.07) is 6.08. The maximum Gasteiger partial charge on any atom is 0.120 e. The zero-order valence-corrected chi connectivity index (χ0v) is 9.61. The van der Waals surface area contributed by atoms with E-state index in [9.17, 15) is 10.2 Å². The number of hydrogen-bond donors (Lipinski definition) is 3. The zero-order valence-electron chi connectivity index (χ0n) is 9.61. The fourth-order valence-corrected chi connectivity index (χ4v) is 2.16. The largest absolute Gasteiger partial charge is 0.508 e. The molecule has 1 saturated carbocycles. The molecule has 3 N–H and O–H groups in total. The number of rotatable bonds is 2. The van der Waals surface area contributed by atoms with Crippen molar-refractivity contribution in [2.45, 2.75) is 44.8 Å². The maximum absolute atomic E-state index is 9.59. The van der Waals surface area contributed by atoms with Gasteiger partial charge in [0.2, 0.25) is 0 Å². The Morgan fingerprint density at radius 3 is 2.50 bits per heavy atom. The van der Waals surface area contributed by atoms with Gasteiger partial charge in [-0.2, -0.15) is 0 Å². The molecule has 0 bridgehead atoms. The van der Waals surface area contributed by atoms with Crippen LogP contribution in [0.2, 0.25) is 0 Å². The van der Waals surface area contributed by atoms with Crippen LogP contribution >= 0.6 is 0 Å². The molecule has 0 saturated heterocycles. The average Bonchev–Trinajstić information content (AvgIpc) is 2.27. The van der Waals surface area contributed by atoms with Crippen molar-refractivity contribution >= 4 is 5.69 Å². The molecule has 0 unspecified atom stereocenters. The minimum absolute atomic E-state index is 0.121. The van der Waals surface area contributed by atoms with Crippen LogP contribution in [0, 0.1) is 6.92 Å². The van der Waals surface area contributed by atoms with E-state index < -0.39 is 0 Å². The summed E-state index contributed by atoms with van der Waals surface area (Å²) in [5.41, 5.74) is 1.86. The van der Waals surface area contributed by atoms with Crippen LogP contribution in [-0.4, -0.2) is 22.4 Å². The van der Waals surface area contributed by atoms with E-state index in [1.54, 1.807) is 6.07 Å². The first-order chi connectivity index (χ1) is 7.65. The van der Waals surface area contributed by atoms with Gasteiger partial charge in [-0.1, -0.05) is 6.07 Å². The van der Waals surface area contributed by atoms with Crippen LogP contribution in [0.5, 0.6) is 5.75 Å². The highest BCUT2D eigenvalue weighted by Gasteiger charge is 2.18. The second kappa shape index (κ2) is 4.74. The Labute approximate surface area is 96.1 Å². The summed E-state index contributed by atoms with van der Waals surface area (Å²) in [5, 5.41) is 22.4. The first kappa shape index (κ1) is 11.3. The lowest BCUT2D eigenvalue weighted by molar-refractivity contribution is 0.126. The SMILES string of the molecule is Cc1ccc(NC2CCC(O)CC2)cc1O. The van der Waals surface area contributed by atoms with Gasteiger partial charge in [-0.3, -0.25) is 0 Å². The van der Waals surface area contributed by atoms with E-state index in [2.05, 4.69) is 5.32 Å². The first-order valence-electron chi connectivity index (χ1n) is 5.89. The molecular formula is C13H19NO2. The summed E-state index contributed by atoms with van der Waals surface area (Å²) < 4.78 is 0. The third kappa shape index (κ3) is 2.67. The van der Waals surface area contributed by atoms with Crippen molar-refractivity contribution in [3.8, 4) is 5.75 Å². The third-order valence-electron chi connectivity index (χ3n) is 3.28. The van der Waals surface area contributed by atoms with E-state index in [4.69, 9.17) is 0 Å². The maximum atomic E-state index is 9.59. The van der Waals surface area contributed by atoms with Crippen LogP contribution < -0.4 is 5.32 Å². The standard InChI is InChI=1S/C13H19NO2/c1-9-2-3-11(8-13(9)16)14-10-4-6-12(15)7-5-10/h2-3,8,10,12,14-16H,4-7H2,1H3. The number of aryl methyl sites for hydroxylation is 1. The predicted octanol–water partition coefficient (Wildman–Crippen LogP) is 2.42. The minimum atomic E-state index is -0.121. The van der Waals surface area contributed by atoms with Crippen molar-refractivity contribution < 1.29 is 10.2 Å². The van der Waals surface area contributed by atoms with Crippen molar-refractivity contribution in [1.82, 2.24) is 0 Å². The van der Waals surface area contributed by atoms with Gasteiger partial charge in [-0.15, -0.1) is 0 Å². The summed E-state index contributed by atoms with van der Waals surface area (Å²) >= 11 is 0. The fraction of sp³-hybridized carbons (Fsp3) is 0.538. The number of benzene rings is 1. The molecule has 0 atom stereocenters. The molecule has 88 valence electrons. The Kier molecular flexibility index (Phi) is 3.34. The van der Waals surface area contributed by atoms with Gasteiger partial charge in [0.25, 0.3) is 0 Å². The molecule has 1 aliphatic rings. The monoisotopic (exact) mass is 221 g/mol. The Balaban J connectivity index is 1.96. The van der Waals surface area contributed by atoms with Crippen LogP contribution in [0.15, 0.2) is 18.2 Å². The normalized spacial score (nSPS) is 25.4. The van der Waals surface area contributed by atoms with Crippen molar-refractivity contribution in [3.63, 3.8) is 0 Å². The Bertz CT molecular complexity index is 357. The highest BCUT2D eigenvalue weighted by Crippen LogP contribution is 2.25. The van der Waals surface area contributed by atoms with E-state index in [1.807, 2.05) is 19.1 Å². The molecule has 2 rings (SSSR count). The number of hydrogen-bond acceptors (Lipinski definition) is 3. The van der Waals surface area contributed by atoms with E-state index >= 15 is 0 Å². The van der Waals surface area contributed by atoms with Gasteiger partial charge in [-0.25, -0.2) is 0 Å². The second-order valence-corrected chi connectivity index (χ2v) is 4.65. The molecule has 16 heavy (non-hydrogen) atoms. The molecule has 0 aromatic heterocycles. The third-order valence-corrected chi connectivity index (χ3v) is 3.28. The summed E-state index contributed by atoms with van der Waals surface area (Å²) in [4.78, 5) is 0. The summed E-state index contributed by atoms with van der Waals surface area (Å²) in [6.45, 7) is 1.88. The van der Waals surface area contributed by atoms with Crippen LogP contribution in [-0.2, 0) is 0 Å². The minimum Gasteiger partial charge on any atom is -0.508 e. The Hall–Kier alpha value is -1.22. The highest BCUT2D eigenvalue weighted by molar-refractivity contribution is 5.51. The van der Waals surface area contributed by atoms with Gasteiger partial charge >= 0.3 is 0 Å². The highest BCUT2D eigenvalue weighted by atomic mass is 16.3. The average molecular weight is 221 g/mol. The Morgan fingerprint density at radius 2 is 1.88 bits per heavy atom. The van der Waals surface area contributed by atoms with Gasteiger partial charge in [0.1, 0.15) is 5.75 Å². The van der Waals surface area contributed by atoms with Gasteiger partial charge in [-0.05, 0) is 44.2 Å². The topological polar surface area (TPSA) is 52.5 Å². The molecule has 1 aromatic rings. The Morgan fingerprint density at radius 1 is 1.19 bits per heavy atom. The number of aliphatic hydroxyl groups excluding tert-OH is 1. The lowest BCUT2D eigenvalue weighted by atomic mass is 9.93. The molecular weight excluding hydrogens is 202 g/mol. The summed E-state index contributed by atoms with van der Waals surface area (Å²) in [5.74, 6) is 0.334. The number of nitrogens with one attached hydrogen (secondary N) is 1. The summed E-state index contributed by atoms with van der Waals surface area (Å²) in [6.07, 6.45) is 3.61. The second-order valence-electron chi connectivity index (χ2n) is 4.65. The van der Waals surface area contributed by atoms with Crippen molar-refractivity contribution in [2.24, 2.45) is 0 Å². The number of anilines is 1. The molecule has 3 heteroatoms. The molecule has 1 aromatic carbocycles. The van der Waals surface area contributed by atoms with Crippen molar-refractivity contribution in [3.05, 3.63) is 23.8 Å². The van der Waals surface area contributed by atoms with Crippen LogP contribution in [0.4, 0.5) is 5.69 Å². The molecule has 3 nitrogen and oxygen atoms in total. The summed E-state index contributed by atoms with van der Waals surface area (Å²) in [7, 11) is 0. The van der Waals surface area contributed by atoms with Crippen molar-refractivity contribution in [2.75, 3.05) is 5.32 Å². The number of aliphatic hydroxyl groups is 1. The lowest BCUT2D eigenvalue weighted by Gasteiger charge is -2.27. The molecule has 0 spiro atoms. The van der Waals surface area contributed by atoms with E-state index in [0.717, 1.165) is 36.9 Å². The smallest absolute Gasteiger partial charge is 0.120 e. The lowest BCUT2D eigenvalue weighted by Crippen LogP contribution is -2.28. The molecule has 0 radical (unpaired) electrons. The molecule has 0 aliphatic heterocycles. The molecule has 1 aliphatic carbocycles. The zero-order chi connectivity index (χ0) is 11.5. The van der Waals surface area contributed by atoms with Gasteiger partial charge in [0.05, 0.1) is 6.10 Å². The number of phenols is 1. The predicted molar refractivity (Wildman–Crippen MR) is 64.7 cm³/mol. The van der Waals surface area contributed by atoms with Gasteiger partial charge < -0.3 is 15.5 Å². The van der Waals surface area contributed by atoms with E-state index in [1.165, 1.54) is 0 Å². The number of phenolic OH excluding ortho intramolecular Hbond substituents is 1. The van der Waals surface area contributed by atoms with Gasteiger partial charge in [0.15, 0.2) is 0 Å². The van der Waals surface area contributed by atoms with E-state index in [-0.39, 0.29) is 6.10 Å². The quantitative estimate of drug-likeness (QED) is 0.719. The number of aromatic hydroxyl groups is 1. The molecule has 0 heterocycles. The van der Waals surface area contributed by atoms with Gasteiger partial charge in [0, 0.05) is 17.8 Å². The van der Waals surface area contributed by atoms with Crippen LogP contribution in [0.25, 0.3) is 0 Å². The van der Waals surface area contributed by atoms with Crippen LogP contribution in [0.3, 0.4) is 0 Å². The van der Waals surface area contributed by atoms with Crippen LogP contribution in [0.1, 0.15) is 31.2 Å². The molecule has 0 amide bonds. The first-order valence-corrected chi connectivity index (χ1v) is 5.89. The van der Waals surface area contributed by atoms with E-state index in [0.29, 0.717) is 11.8 Å². The van der Waals surface area contributed by atoms with Crippen molar-refractivity contribution in [1.29, 1.82) is 0 Å². The molecule has 1 fully saturated rings.